The molecule has 22 heavy (non-hydrogen) atoms. The number of carbonyl (C=O) groups excluding carboxylic acids is 2. The van der Waals surface area contributed by atoms with Gasteiger partial charge in [0.1, 0.15) is 5.76 Å². The molecule has 0 aliphatic carbocycles. The summed E-state index contributed by atoms with van der Waals surface area (Å²) in [6.45, 7) is 2.25. The van der Waals surface area contributed by atoms with E-state index in [0.29, 0.717) is 5.76 Å². The van der Waals surface area contributed by atoms with Crippen LogP contribution in [0.4, 0.5) is 4.79 Å². The van der Waals surface area contributed by atoms with E-state index in [2.05, 4.69) is 16.0 Å². The third-order valence-electron chi connectivity index (χ3n) is 3.12. The van der Waals surface area contributed by atoms with Crippen molar-refractivity contribution in [3.05, 3.63) is 60.1 Å². The van der Waals surface area contributed by atoms with Gasteiger partial charge in [-0.25, -0.2) is 4.79 Å². The number of rotatable bonds is 6. The second-order valence-corrected chi connectivity index (χ2v) is 4.82. The van der Waals surface area contributed by atoms with Gasteiger partial charge in [0.2, 0.25) is 5.91 Å². The topological polar surface area (TPSA) is 83.4 Å². The Morgan fingerprint density at radius 2 is 1.91 bits per heavy atom. The molecule has 0 unspecified atom stereocenters. The summed E-state index contributed by atoms with van der Waals surface area (Å²) >= 11 is 0. The molecule has 0 bridgehead atoms. The zero-order valence-corrected chi connectivity index (χ0v) is 12.3. The molecule has 0 aliphatic rings. The Hall–Kier alpha value is -2.60. The highest BCUT2D eigenvalue weighted by Gasteiger charge is 2.10. The summed E-state index contributed by atoms with van der Waals surface area (Å²) in [5.74, 6) is 0.234. The number of furan rings is 1. The molecule has 116 valence electrons. The Morgan fingerprint density at radius 1 is 1.14 bits per heavy atom. The lowest BCUT2D eigenvalue weighted by Gasteiger charge is -2.13. The van der Waals surface area contributed by atoms with Gasteiger partial charge in [-0.1, -0.05) is 30.3 Å². The van der Waals surface area contributed by atoms with Gasteiger partial charge in [0.25, 0.3) is 0 Å². The van der Waals surface area contributed by atoms with Crippen LogP contribution in [-0.4, -0.2) is 18.5 Å². The van der Waals surface area contributed by atoms with Gasteiger partial charge in [-0.2, -0.15) is 0 Å². The minimum absolute atomic E-state index is 0.0260. The highest BCUT2D eigenvalue weighted by atomic mass is 16.3. The van der Waals surface area contributed by atoms with Gasteiger partial charge in [0.15, 0.2) is 0 Å². The fourth-order valence-electron chi connectivity index (χ4n) is 1.90. The maximum absolute atomic E-state index is 11.7. The van der Waals surface area contributed by atoms with Crippen LogP contribution in [0, 0.1) is 0 Å². The number of hydrogen-bond acceptors (Lipinski definition) is 4. The summed E-state index contributed by atoms with van der Waals surface area (Å²) in [5.41, 5.74) is 1.08. The van der Waals surface area contributed by atoms with Crippen molar-refractivity contribution in [2.24, 2.45) is 0 Å². The van der Waals surface area contributed by atoms with Gasteiger partial charge in [-0.15, -0.1) is 0 Å². The van der Waals surface area contributed by atoms with E-state index in [0.717, 1.165) is 5.56 Å². The lowest BCUT2D eigenvalue weighted by atomic mass is 10.1. The lowest BCUT2D eigenvalue weighted by Crippen LogP contribution is -2.43. The number of benzene rings is 1. The maximum Gasteiger partial charge on any atom is 0.321 e. The summed E-state index contributed by atoms with van der Waals surface area (Å²) in [6.07, 6.45) is 1.52. The van der Waals surface area contributed by atoms with Crippen molar-refractivity contribution >= 4 is 11.9 Å². The van der Waals surface area contributed by atoms with Crippen LogP contribution in [-0.2, 0) is 11.3 Å². The van der Waals surface area contributed by atoms with Crippen molar-refractivity contribution in [3.63, 3.8) is 0 Å². The number of nitrogens with one attached hydrogen (secondary N) is 3. The second-order valence-electron chi connectivity index (χ2n) is 4.82. The summed E-state index contributed by atoms with van der Waals surface area (Å²) < 4.78 is 5.08. The third kappa shape index (κ3) is 5.06. The molecule has 0 radical (unpaired) electrons. The van der Waals surface area contributed by atoms with E-state index < -0.39 is 6.03 Å². The first-order valence-corrected chi connectivity index (χ1v) is 7.03. The third-order valence-corrected chi connectivity index (χ3v) is 3.12. The quantitative estimate of drug-likeness (QED) is 0.761. The van der Waals surface area contributed by atoms with Gasteiger partial charge in [0, 0.05) is 6.04 Å². The summed E-state index contributed by atoms with van der Waals surface area (Å²) in [5, 5.41) is 7.86. The molecule has 1 atom stereocenters. The monoisotopic (exact) mass is 301 g/mol. The smallest absolute Gasteiger partial charge is 0.321 e. The summed E-state index contributed by atoms with van der Waals surface area (Å²) in [4.78, 5) is 23.2. The van der Waals surface area contributed by atoms with Crippen LogP contribution in [0.1, 0.15) is 24.3 Å². The highest BCUT2D eigenvalue weighted by molar-refractivity contribution is 5.95. The molecule has 2 rings (SSSR count). The van der Waals surface area contributed by atoms with Gasteiger partial charge in [-0.3, -0.25) is 10.1 Å². The summed E-state index contributed by atoms with van der Waals surface area (Å²) in [7, 11) is 0. The SMILES string of the molecule is C[C@H](NCC(=O)NC(=O)NCc1ccco1)c1ccccc1. The van der Waals surface area contributed by atoms with Crippen LogP contribution in [0.3, 0.4) is 0 Å². The van der Waals surface area contributed by atoms with Crippen LogP contribution >= 0.6 is 0 Å². The molecular formula is C16H19N3O3. The first kappa shape index (κ1) is 15.8. The van der Waals surface area contributed by atoms with Crippen molar-refractivity contribution in [2.75, 3.05) is 6.54 Å². The number of urea groups is 1. The van der Waals surface area contributed by atoms with Gasteiger partial charge in [-0.05, 0) is 24.6 Å². The van der Waals surface area contributed by atoms with Crippen LogP contribution in [0.2, 0.25) is 0 Å². The van der Waals surface area contributed by atoms with Gasteiger partial charge >= 0.3 is 6.03 Å². The molecule has 1 heterocycles. The second kappa shape index (κ2) is 7.99. The minimum Gasteiger partial charge on any atom is -0.467 e. The Morgan fingerprint density at radius 3 is 2.59 bits per heavy atom. The predicted octanol–water partition coefficient (Wildman–Crippen LogP) is 1.96. The van der Waals surface area contributed by atoms with Crippen LogP contribution in [0.15, 0.2) is 53.1 Å². The molecular weight excluding hydrogens is 282 g/mol. The van der Waals surface area contributed by atoms with E-state index in [1.165, 1.54) is 6.26 Å². The van der Waals surface area contributed by atoms with E-state index in [4.69, 9.17) is 4.42 Å². The fourth-order valence-corrected chi connectivity index (χ4v) is 1.90. The molecule has 3 amide bonds. The molecule has 0 fully saturated rings. The van der Waals surface area contributed by atoms with E-state index >= 15 is 0 Å². The molecule has 6 heteroatoms. The Balaban J connectivity index is 1.68. The van der Waals surface area contributed by atoms with E-state index in [-0.39, 0.29) is 25.0 Å². The normalized spacial score (nSPS) is 11.7. The van der Waals surface area contributed by atoms with Gasteiger partial charge < -0.3 is 15.1 Å². The lowest BCUT2D eigenvalue weighted by molar-refractivity contribution is -0.119. The molecule has 6 nitrogen and oxygen atoms in total. The van der Waals surface area contributed by atoms with E-state index in [9.17, 15) is 9.59 Å². The van der Waals surface area contributed by atoms with Crippen molar-refractivity contribution in [1.82, 2.24) is 16.0 Å². The van der Waals surface area contributed by atoms with Crippen molar-refractivity contribution in [2.45, 2.75) is 19.5 Å². The number of amides is 3. The molecule has 0 saturated heterocycles. The average molecular weight is 301 g/mol. The predicted molar refractivity (Wildman–Crippen MR) is 81.9 cm³/mol. The standard InChI is InChI=1S/C16H19N3O3/c1-12(13-6-3-2-4-7-13)17-11-15(20)19-16(21)18-10-14-8-5-9-22-14/h2-9,12,17H,10-11H2,1H3,(H2,18,19,20,21)/t12-/m0/s1. The van der Waals surface area contributed by atoms with Crippen LogP contribution in [0.25, 0.3) is 0 Å². The molecule has 0 saturated carbocycles. The molecule has 2 aromatic rings. The minimum atomic E-state index is -0.546. The van der Waals surface area contributed by atoms with E-state index in [1.54, 1.807) is 12.1 Å². The number of carbonyl (C=O) groups is 2. The molecule has 0 spiro atoms. The van der Waals surface area contributed by atoms with Crippen LogP contribution in [0.5, 0.6) is 0 Å². The first-order chi connectivity index (χ1) is 10.6. The Labute approximate surface area is 128 Å². The van der Waals surface area contributed by atoms with Crippen molar-refractivity contribution in [1.29, 1.82) is 0 Å². The molecule has 1 aromatic heterocycles. The number of hydrogen-bond donors (Lipinski definition) is 3. The number of imide groups is 1. The first-order valence-electron chi connectivity index (χ1n) is 7.03. The highest BCUT2D eigenvalue weighted by Crippen LogP contribution is 2.10. The van der Waals surface area contributed by atoms with Crippen molar-refractivity contribution < 1.29 is 14.0 Å². The molecule has 3 N–H and O–H groups in total. The van der Waals surface area contributed by atoms with E-state index in [1.807, 2.05) is 37.3 Å². The fraction of sp³-hybridized carbons (Fsp3) is 0.250. The largest absolute Gasteiger partial charge is 0.467 e. The maximum atomic E-state index is 11.7. The zero-order valence-electron chi connectivity index (χ0n) is 12.3. The summed E-state index contributed by atoms with van der Waals surface area (Å²) in [6, 6.07) is 12.7. The molecule has 0 aliphatic heterocycles. The van der Waals surface area contributed by atoms with Crippen molar-refractivity contribution in [3.8, 4) is 0 Å². The Bertz CT molecular complexity index is 596. The van der Waals surface area contributed by atoms with Gasteiger partial charge in [0.05, 0.1) is 19.4 Å². The van der Waals surface area contributed by atoms with Crippen LogP contribution < -0.4 is 16.0 Å². The zero-order chi connectivity index (χ0) is 15.8. The Kier molecular flexibility index (Phi) is 5.73. The molecule has 1 aromatic carbocycles. The average Bonchev–Trinajstić information content (AvgIpc) is 3.05.